The maximum absolute atomic E-state index is 6.73. The van der Waals surface area contributed by atoms with Gasteiger partial charge in [-0.15, -0.1) is 0 Å². The van der Waals surface area contributed by atoms with Crippen LogP contribution in [-0.2, 0) is 0 Å². The Bertz CT molecular complexity index is 1520. The number of benzene rings is 5. The van der Waals surface area contributed by atoms with Crippen LogP contribution in [0.25, 0.3) is 43.5 Å². The van der Waals surface area contributed by atoms with Crippen LogP contribution in [0.4, 0.5) is 0 Å². The van der Waals surface area contributed by atoms with Gasteiger partial charge in [-0.3, -0.25) is 0 Å². The molecule has 1 unspecified atom stereocenters. The number of allylic oxidation sites excluding steroid dienone is 2. The molecule has 0 bridgehead atoms. The lowest BCUT2D eigenvalue weighted by molar-refractivity contribution is 0.765. The minimum atomic E-state index is -0.898. The molecular formula is C30H22ClN. The molecule has 1 atom stereocenters. The minimum absolute atomic E-state index is 0.584. The molecule has 0 amide bonds. The fourth-order valence-electron chi connectivity index (χ4n) is 4.93. The van der Waals surface area contributed by atoms with Crippen molar-refractivity contribution < 1.29 is 0 Å². The molecule has 2 N–H and O–H groups in total. The number of rotatable bonds is 2. The molecule has 5 aromatic carbocycles. The van der Waals surface area contributed by atoms with E-state index >= 15 is 0 Å². The van der Waals surface area contributed by atoms with E-state index in [-0.39, 0.29) is 0 Å². The fraction of sp³-hybridized carbons (Fsp3) is 0.0667. The molecular weight excluding hydrogens is 410 g/mol. The van der Waals surface area contributed by atoms with Crippen LogP contribution in [0.15, 0.2) is 109 Å². The number of halogens is 1. The second-order valence-electron chi connectivity index (χ2n) is 8.50. The first kappa shape index (κ1) is 19.3. The highest BCUT2D eigenvalue weighted by molar-refractivity contribution is 6.31. The van der Waals surface area contributed by atoms with Crippen LogP contribution in [0.2, 0.25) is 0 Å². The number of hydrogen-bond donors (Lipinski definition) is 1. The van der Waals surface area contributed by atoms with Crippen LogP contribution >= 0.6 is 11.6 Å². The van der Waals surface area contributed by atoms with Crippen molar-refractivity contribution in [2.75, 3.05) is 0 Å². The fourth-order valence-corrected chi connectivity index (χ4v) is 5.17. The number of alkyl halides is 1. The summed E-state index contributed by atoms with van der Waals surface area (Å²) < 4.78 is 0. The van der Waals surface area contributed by atoms with Crippen molar-refractivity contribution in [1.29, 1.82) is 0 Å². The highest BCUT2D eigenvalue weighted by Crippen LogP contribution is 2.41. The second-order valence-corrected chi connectivity index (χ2v) is 9.18. The molecule has 0 aromatic heterocycles. The molecule has 6 rings (SSSR count). The van der Waals surface area contributed by atoms with Crippen molar-refractivity contribution in [2.45, 2.75) is 11.4 Å². The van der Waals surface area contributed by atoms with Crippen LogP contribution in [0.5, 0.6) is 0 Å². The van der Waals surface area contributed by atoms with E-state index in [9.17, 15) is 0 Å². The topological polar surface area (TPSA) is 26.0 Å². The Morgan fingerprint density at radius 2 is 1.12 bits per heavy atom. The van der Waals surface area contributed by atoms with Crippen LogP contribution in [0.1, 0.15) is 17.5 Å². The average molecular weight is 432 g/mol. The summed E-state index contributed by atoms with van der Waals surface area (Å²) in [7, 11) is 0. The predicted octanol–water partition coefficient (Wildman–Crippen LogP) is 7.91. The highest BCUT2D eigenvalue weighted by atomic mass is 35.5. The van der Waals surface area contributed by atoms with Crippen LogP contribution in [0.3, 0.4) is 0 Å². The summed E-state index contributed by atoms with van der Waals surface area (Å²) in [5.74, 6) is 0. The third-order valence-electron chi connectivity index (χ3n) is 6.53. The zero-order valence-electron chi connectivity index (χ0n) is 17.6. The van der Waals surface area contributed by atoms with E-state index in [2.05, 4.69) is 91.0 Å². The van der Waals surface area contributed by atoms with Crippen LogP contribution < -0.4 is 5.73 Å². The summed E-state index contributed by atoms with van der Waals surface area (Å²) in [5.41, 5.74) is 10.8. The van der Waals surface area contributed by atoms with Crippen molar-refractivity contribution >= 4 is 55.1 Å². The lowest BCUT2D eigenvalue weighted by atomic mass is 9.86. The molecule has 5 aromatic rings. The quantitative estimate of drug-likeness (QED) is 0.171. The van der Waals surface area contributed by atoms with Crippen molar-refractivity contribution in [3.8, 4) is 0 Å². The van der Waals surface area contributed by atoms with Gasteiger partial charge in [0, 0.05) is 6.42 Å². The summed E-state index contributed by atoms with van der Waals surface area (Å²) >= 11 is 6.73. The van der Waals surface area contributed by atoms with E-state index in [1.165, 1.54) is 37.9 Å². The summed E-state index contributed by atoms with van der Waals surface area (Å²) in [6.07, 6.45) is 4.89. The third-order valence-corrected chi connectivity index (χ3v) is 6.89. The van der Waals surface area contributed by atoms with Crippen molar-refractivity contribution in [3.05, 3.63) is 120 Å². The third kappa shape index (κ3) is 3.05. The molecule has 1 nitrogen and oxygen atoms in total. The van der Waals surface area contributed by atoms with E-state index in [1.54, 1.807) is 0 Å². The first-order chi connectivity index (χ1) is 15.6. The van der Waals surface area contributed by atoms with E-state index in [0.717, 1.165) is 16.7 Å². The molecule has 32 heavy (non-hydrogen) atoms. The van der Waals surface area contributed by atoms with Gasteiger partial charge in [0.05, 0.1) is 0 Å². The van der Waals surface area contributed by atoms with Crippen LogP contribution in [0, 0.1) is 0 Å². The summed E-state index contributed by atoms with van der Waals surface area (Å²) in [4.78, 5) is -0.898. The monoisotopic (exact) mass is 431 g/mol. The first-order valence-electron chi connectivity index (χ1n) is 10.9. The van der Waals surface area contributed by atoms with Gasteiger partial charge in [-0.25, -0.2) is 0 Å². The number of nitrogens with two attached hydrogens (primary N) is 1. The zero-order valence-corrected chi connectivity index (χ0v) is 18.3. The van der Waals surface area contributed by atoms with Crippen molar-refractivity contribution in [1.82, 2.24) is 0 Å². The van der Waals surface area contributed by atoms with E-state index < -0.39 is 5.00 Å². The van der Waals surface area contributed by atoms with Gasteiger partial charge in [0.25, 0.3) is 0 Å². The molecule has 1 aliphatic rings. The van der Waals surface area contributed by atoms with Gasteiger partial charge in [-0.1, -0.05) is 109 Å². The Morgan fingerprint density at radius 3 is 1.75 bits per heavy atom. The van der Waals surface area contributed by atoms with E-state index in [1.807, 2.05) is 18.2 Å². The van der Waals surface area contributed by atoms with Gasteiger partial charge in [0.1, 0.15) is 5.00 Å². The number of hydrogen-bond acceptors (Lipinski definition) is 1. The average Bonchev–Trinajstić information content (AvgIpc) is 2.84. The molecule has 2 heteroatoms. The molecule has 0 heterocycles. The molecule has 0 fully saturated rings. The summed E-state index contributed by atoms with van der Waals surface area (Å²) in [6, 6.07) is 34.3. The molecule has 1 aliphatic carbocycles. The maximum Gasteiger partial charge on any atom is 0.121 e. The number of fused-ring (bicyclic) bond motifs is 6. The molecule has 0 spiro atoms. The van der Waals surface area contributed by atoms with Gasteiger partial charge >= 0.3 is 0 Å². The maximum atomic E-state index is 6.73. The Balaban J connectivity index is 1.58. The molecule has 0 saturated carbocycles. The first-order valence-corrected chi connectivity index (χ1v) is 11.3. The normalized spacial score (nSPS) is 18.7. The van der Waals surface area contributed by atoms with Crippen LogP contribution in [-0.4, -0.2) is 5.00 Å². The Hall–Kier alpha value is -3.39. The molecule has 154 valence electrons. The van der Waals surface area contributed by atoms with Crippen molar-refractivity contribution in [2.24, 2.45) is 5.73 Å². The summed E-state index contributed by atoms with van der Waals surface area (Å²) in [5, 5.41) is 7.68. The zero-order chi connectivity index (χ0) is 21.7. The smallest absolute Gasteiger partial charge is 0.121 e. The lowest BCUT2D eigenvalue weighted by Crippen LogP contribution is -2.35. The van der Waals surface area contributed by atoms with Crippen molar-refractivity contribution in [3.63, 3.8) is 0 Å². The van der Waals surface area contributed by atoms with Gasteiger partial charge in [-0.05, 0) is 66.7 Å². The van der Waals surface area contributed by atoms with Gasteiger partial charge in [-0.2, -0.15) is 0 Å². The highest BCUT2D eigenvalue weighted by Gasteiger charge is 2.30. The van der Waals surface area contributed by atoms with E-state index in [4.69, 9.17) is 17.3 Å². The largest absolute Gasteiger partial charge is 0.309 e. The summed E-state index contributed by atoms with van der Waals surface area (Å²) in [6.45, 7) is 0. The molecule has 0 radical (unpaired) electrons. The standard InChI is InChI=1S/C30H22ClN/c31-30(32)17-16-22(19-29(30)20-8-2-1-3-9-20)21-14-15-27-25-12-5-4-10-23(25)24-11-6-7-13-26(24)28(27)18-21/h1-16,18-19H,17,32H2. The molecule has 0 aliphatic heterocycles. The SMILES string of the molecule is NC1(Cl)CC=C(c2ccc3c4ccccc4c4ccccc4c3c2)C=C1c1ccccc1. The van der Waals surface area contributed by atoms with Gasteiger partial charge in [0.15, 0.2) is 0 Å². The van der Waals surface area contributed by atoms with Gasteiger partial charge < -0.3 is 5.73 Å². The minimum Gasteiger partial charge on any atom is -0.309 e. The lowest BCUT2D eigenvalue weighted by Gasteiger charge is -2.29. The Kier molecular flexibility index (Phi) is 4.43. The van der Waals surface area contributed by atoms with Gasteiger partial charge in [0.2, 0.25) is 0 Å². The second kappa shape index (κ2) is 7.34. The Morgan fingerprint density at radius 1 is 0.594 bits per heavy atom. The van der Waals surface area contributed by atoms with E-state index in [0.29, 0.717) is 6.42 Å². The Labute approximate surface area is 192 Å². The predicted molar refractivity (Wildman–Crippen MR) is 139 cm³/mol. The molecule has 0 saturated heterocycles.